The largest absolute Gasteiger partial charge is 0.0804 e. The van der Waals surface area contributed by atoms with E-state index in [0.29, 0.717) is 5.41 Å². The van der Waals surface area contributed by atoms with Crippen LogP contribution in [0.1, 0.15) is 41.0 Å². The number of hydrogen-bond acceptors (Lipinski definition) is 0. The molecule has 0 N–H and O–H groups in total. The van der Waals surface area contributed by atoms with Gasteiger partial charge in [-0.05, 0) is 23.7 Å². The molecule has 1 aliphatic rings. The van der Waals surface area contributed by atoms with Gasteiger partial charge in [0, 0.05) is 0 Å². The highest BCUT2D eigenvalue weighted by Gasteiger charge is 2.35. The highest BCUT2D eigenvalue weighted by Crippen LogP contribution is 2.44. The van der Waals surface area contributed by atoms with Crippen molar-refractivity contribution in [1.29, 1.82) is 0 Å². The molecule has 74 valence electrons. The predicted octanol–water partition coefficient (Wildman–Crippen LogP) is 4.19. The molecular weight excluding hydrogens is 156 g/mol. The molecule has 0 spiro atoms. The summed E-state index contributed by atoms with van der Waals surface area (Å²) in [6.45, 7) is 11.7. The third-order valence-corrected chi connectivity index (χ3v) is 3.86. The first-order valence-corrected chi connectivity index (χ1v) is 5.35. The van der Waals surface area contributed by atoms with Crippen LogP contribution >= 0.6 is 0 Å². The molecule has 0 heteroatoms. The number of rotatable bonds is 3. The standard InChI is InChI=1S/C13H22/c1-10(2)13(5,11(3)4)12-8-6-7-9-12/h6-8,10-11H,9H2,1-5H3. The van der Waals surface area contributed by atoms with Crippen LogP contribution in [0.3, 0.4) is 0 Å². The van der Waals surface area contributed by atoms with E-state index in [0.717, 1.165) is 18.3 Å². The summed E-state index contributed by atoms with van der Waals surface area (Å²) in [6.07, 6.45) is 7.92. The van der Waals surface area contributed by atoms with Gasteiger partial charge in [-0.25, -0.2) is 0 Å². The first-order chi connectivity index (χ1) is 5.99. The van der Waals surface area contributed by atoms with E-state index >= 15 is 0 Å². The molecular formula is C13H22. The van der Waals surface area contributed by atoms with Gasteiger partial charge in [0.15, 0.2) is 0 Å². The number of allylic oxidation sites excluding steroid dienone is 4. The van der Waals surface area contributed by atoms with Gasteiger partial charge in [-0.1, -0.05) is 58.4 Å². The molecule has 0 saturated carbocycles. The van der Waals surface area contributed by atoms with E-state index in [1.54, 1.807) is 5.57 Å². The Balaban J connectivity index is 2.91. The van der Waals surface area contributed by atoms with Crippen molar-refractivity contribution in [2.45, 2.75) is 41.0 Å². The van der Waals surface area contributed by atoms with E-state index in [-0.39, 0.29) is 0 Å². The smallest absolute Gasteiger partial charge is 0.00642 e. The number of hydrogen-bond donors (Lipinski definition) is 0. The van der Waals surface area contributed by atoms with Gasteiger partial charge in [0.25, 0.3) is 0 Å². The van der Waals surface area contributed by atoms with Crippen LogP contribution in [-0.2, 0) is 0 Å². The molecule has 0 bridgehead atoms. The van der Waals surface area contributed by atoms with E-state index in [9.17, 15) is 0 Å². The van der Waals surface area contributed by atoms with Crippen molar-refractivity contribution in [2.24, 2.45) is 17.3 Å². The Morgan fingerprint density at radius 3 is 2.00 bits per heavy atom. The van der Waals surface area contributed by atoms with Crippen LogP contribution in [0.2, 0.25) is 0 Å². The second-order valence-electron chi connectivity index (χ2n) is 4.92. The molecule has 0 aromatic heterocycles. The third-order valence-electron chi connectivity index (χ3n) is 3.86. The van der Waals surface area contributed by atoms with Crippen molar-refractivity contribution in [3.63, 3.8) is 0 Å². The molecule has 0 fully saturated rings. The first kappa shape index (κ1) is 10.6. The van der Waals surface area contributed by atoms with E-state index < -0.39 is 0 Å². The molecule has 0 heterocycles. The molecule has 0 atom stereocenters. The fourth-order valence-electron chi connectivity index (χ4n) is 2.25. The van der Waals surface area contributed by atoms with Crippen LogP contribution < -0.4 is 0 Å². The Morgan fingerprint density at radius 1 is 1.15 bits per heavy atom. The van der Waals surface area contributed by atoms with E-state index in [1.807, 2.05) is 0 Å². The maximum atomic E-state index is 2.40. The second kappa shape index (κ2) is 3.69. The fraction of sp³-hybridized carbons (Fsp3) is 0.692. The Bertz CT molecular complexity index is 220. The van der Waals surface area contributed by atoms with Gasteiger partial charge in [-0.3, -0.25) is 0 Å². The molecule has 1 rings (SSSR count). The summed E-state index contributed by atoms with van der Waals surface area (Å²) in [5.74, 6) is 1.44. The molecule has 0 unspecified atom stereocenters. The van der Waals surface area contributed by atoms with Crippen LogP contribution in [0.25, 0.3) is 0 Å². The zero-order valence-corrected chi connectivity index (χ0v) is 9.59. The van der Waals surface area contributed by atoms with Gasteiger partial charge in [0.1, 0.15) is 0 Å². The Kier molecular flexibility index (Phi) is 3.00. The van der Waals surface area contributed by atoms with Crippen molar-refractivity contribution < 1.29 is 0 Å². The Labute approximate surface area is 82.7 Å². The zero-order chi connectivity index (χ0) is 10.1. The molecule has 0 radical (unpaired) electrons. The lowest BCUT2D eigenvalue weighted by atomic mass is 9.65. The molecule has 0 aliphatic heterocycles. The van der Waals surface area contributed by atoms with Crippen LogP contribution in [0.5, 0.6) is 0 Å². The predicted molar refractivity (Wildman–Crippen MR) is 59.6 cm³/mol. The van der Waals surface area contributed by atoms with Crippen LogP contribution in [0.15, 0.2) is 23.8 Å². The monoisotopic (exact) mass is 178 g/mol. The molecule has 0 amide bonds. The van der Waals surface area contributed by atoms with Gasteiger partial charge < -0.3 is 0 Å². The summed E-state index contributed by atoms with van der Waals surface area (Å²) in [6, 6.07) is 0. The highest BCUT2D eigenvalue weighted by molar-refractivity contribution is 5.29. The summed E-state index contributed by atoms with van der Waals surface area (Å²) in [7, 11) is 0. The molecule has 1 aliphatic carbocycles. The summed E-state index contributed by atoms with van der Waals surface area (Å²) in [5.41, 5.74) is 1.99. The van der Waals surface area contributed by atoms with E-state index in [4.69, 9.17) is 0 Å². The zero-order valence-electron chi connectivity index (χ0n) is 9.59. The van der Waals surface area contributed by atoms with E-state index in [1.165, 1.54) is 0 Å². The lowest BCUT2D eigenvalue weighted by Crippen LogP contribution is -2.31. The van der Waals surface area contributed by atoms with Crippen molar-refractivity contribution in [2.75, 3.05) is 0 Å². The highest BCUT2D eigenvalue weighted by atomic mass is 14.4. The minimum atomic E-state index is 0.378. The van der Waals surface area contributed by atoms with Crippen molar-refractivity contribution in [1.82, 2.24) is 0 Å². The van der Waals surface area contributed by atoms with Crippen molar-refractivity contribution in [3.8, 4) is 0 Å². The van der Waals surface area contributed by atoms with Crippen LogP contribution in [0, 0.1) is 17.3 Å². The van der Waals surface area contributed by atoms with Crippen LogP contribution in [0.4, 0.5) is 0 Å². The Morgan fingerprint density at radius 2 is 1.69 bits per heavy atom. The molecule has 0 aromatic carbocycles. The average Bonchev–Trinajstić information content (AvgIpc) is 2.54. The minimum Gasteiger partial charge on any atom is -0.0804 e. The fourth-order valence-corrected chi connectivity index (χ4v) is 2.25. The molecule has 13 heavy (non-hydrogen) atoms. The van der Waals surface area contributed by atoms with E-state index in [2.05, 4.69) is 52.8 Å². The average molecular weight is 178 g/mol. The summed E-state index contributed by atoms with van der Waals surface area (Å²) < 4.78 is 0. The lowest BCUT2D eigenvalue weighted by Gasteiger charge is -2.39. The van der Waals surface area contributed by atoms with Gasteiger partial charge in [0.05, 0.1) is 0 Å². The molecule has 0 aromatic rings. The second-order valence-corrected chi connectivity index (χ2v) is 4.92. The molecule has 0 nitrogen and oxygen atoms in total. The maximum absolute atomic E-state index is 2.40. The van der Waals surface area contributed by atoms with Crippen molar-refractivity contribution >= 4 is 0 Å². The van der Waals surface area contributed by atoms with Gasteiger partial charge in [-0.15, -0.1) is 0 Å². The maximum Gasteiger partial charge on any atom is -0.00642 e. The minimum absolute atomic E-state index is 0.378. The first-order valence-electron chi connectivity index (χ1n) is 5.35. The normalized spacial score (nSPS) is 17.3. The Hall–Kier alpha value is -0.520. The summed E-state index contributed by atoms with van der Waals surface area (Å²) in [5, 5.41) is 0. The van der Waals surface area contributed by atoms with Crippen molar-refractivity contribution in [3.05, 3.63) is 23.8 Å². The van der Waals surface area contributed by atoms with Gasteiger partial charge in [0.2, 0.25) is 0 Å². The molecule has 0 saturated heterocycles. The summed E-state index contributed by atoms with van der Waals surface area (Å²) in [4.78, 5) is 0. The summed E-state index contributed by atoms with van der Waals surface area (Å²) >= 11 is 0. The van der Waals surface area contributed by atoms with Gasteiger partial charge in [-0.2, -0.15) is 0 Å². The lowest BCUT2D eigenvalue weighted by molar-refractivity contribution is 0.186. The van der Waals surface area contributed by atoms with Crippen LogP contribution in [-0.4, -0.2) is 0 Å². The quantitative estimate of drug-likeness (QED) is 0.608. The third kappa shape index (κ3) is 1.72. The topological polar surface area (TPSA) is 0 Å². The van der Waals surface area contributed by atoms with Gasteiger partial charge >= 0.3 is 0 Å². The SMILES string of the molecule is CC(C)C(C)(C1=CC=CC1)C(C)C.